The first-order valence-corrected chi connectivity index (χ1v) is 6.49. The number of likely N-dealkylation sites (tertiary alicyclic amines) is 1. The lowest BCUT2D eigenvalue weighted by molar-refractivity contribution is 0.0743. The molecule has 0 aromatic heterocycles. The zero-order valence-electron chi connectivity index (χ0n) is 11.3. The van der Waals surface area contributed by atoms with E-state index in [9.17, 15) is 0 Å². The van der Waals surface area contributed by atoms with Crippen molar-refractivity contribution < 1.29 is 4.74 Å². The molecule has 2 rings (SSSR count). The lowest BCUT2D eigenvalue weighted by Gasteiger charge is -2.30. The SMILES string of the molecule is COCC(C)(C)CN1CC2CCC(N)C2C1.Cl. The van der Waals surface area contributed by atoms with Crippen molar-refractivity contribution >= 4 is 12.4 Å². The fraction of sp³-hybridized carbons (Fsp3) is 1.00. The van der Waals surface area contributed by atoms with Crippen LogP contribution in [0, 0.1) is 17.3 Å². The van der Waals surface area contributed by atoms with Gasteiger partial charge in [0.25, 0.3) is 0 Å². The predicted octanol–water partition coefficient (Wildman–Crippen LogP) is 1.75. The van der Waals surface area contributed by atoms with E-state index < -0.39 is 0 Å². The van der Waals surface area contributed by atoms with Gasteiger partial charge < -0.3 is 15.4 Å². The number of hydrogen-bond acceptors (Lipinski definition) is 3. The lowest BCUT2D eigenvalue weighted by Crippen LogP contribution is -2.37. The average molecular weight is 263 g/mol. The number of rotatable bonds is 4. The van der Waals surface area contributed by atoms with Crippen LogP contribution in [0.2, 0.25) is 0 Å². The minimum atomic E-state index is 0. The smallest absolute Gasteiger partial charge is 0.0525 e. The number of hydrogen-bond donors (Lipinski definition) is 1. The Labute approximate surface area is 111 Å². The van der Waals surface area contributed by atoms with Gasteiger partial charge >= 0.3 is 0 Å². The summed E-state index contributed by atoms with van der Waals surface area (Å²) in [6.07, 6.45) is 2.58. The Kier molecular flexibility index (Phi) is 5.26. The van der Waals surface area contributed by atoms with Gasteiger partial charge in [0.2, 0.25) is 0 Å². The van der Waals surface area contributed by atoms with Crippen molar-refractivity contribution in [1.29, 1.82) is 0 Å². The first-order valence-electron chi connectivity index (χ1n) is 6.49. The molecule has 2 N–H and O–H groups in total. The zero-order chi connectivity index (χ0) is 11.8. The van der Waals surface area contributed by atoms with Gasteiger partial charge in [0.05, 0.1) is 6.61 Å². The maximum absolute atomic E-state index is 6.15. The fourth-order valence-electron chi connectivity index (χ4n) is 3.57. The van der Waals surface area contributed by atoms with Gasteiger partial charge in [-0.15, -0.1) is 12.4 Å². The summed E-state index contributed by atoms with van der Waals surface area (Å²) in [6, 6.07) is 0.459. The van der Waals surface area contributed by atoms with Gasteiger partial charge in [-0.3, -0.25) is 0 Å². The van der Waals surface area contributed by atoms with Crippen LogP contribution in [0.1, 0.15) is 26.7 Å². The van der Waals surface area contributed by atoms with Crippen molar-refractivity contribution in [3.63, 3.8) is 0 Å². The fourth-order valence-corrected chi connectivity index (χ4v) is 3.57. The Morgan fingerprint density at radius 2 is 2.00 bits per heavy atom. The molecule has 0 aromatic rings. The highest BCUT2D eigenvalue weighted by molar-refractivity contribution is 5.85. The second-order valence-electron chi connectivity index (χ2n) is 6.46. The van der Waals surface area contributed by atoms with E-state index >= 15 is 0 Å². The monoisotopic (exact) mass is 262 g/mol. The molecule has 0 spiro atoms. The molecular weight excluding hydrogens is 236 g/mol. The highest BCUT2D eigenvalue weighted by Gasteiger charge is 2.41. The number of methoxy groups -OCH3 is 1. The first kappa shape index (κ1) is 15.2. The number of halogens is 1. The van der Waals surface area contributed by atoms with Gasteiger partial charge in [0.15, 0.2) is 0 Å². The van der Waals surface area contributed by atoms with Crippen LogP contribution in [0.5, 0.6) is 0 Å². The van der Waals surface area contributed by atoms with E-state index in [1.54, 1.807) is 7.11 Å². The minimum Gasteiger partial charge on any atom is -0.384 e. The van der Waals surface area contributed by atoms with Crippen molar-refractivity contribution in [3.8, 4) is 0 Å². The van der Waals surface area contributed by atoms with E-state index in [2.05, 4.69) is 18.7 Å². The van der Waals surface area contributed by atoms with Gasteiger partial charge in [-0.25, -0.2) is 0 Å². The van der Waals surface area contributed by atoms with Gasteiger partial charge in [-0.1, -0.05) is 13.8 Å². The van der Waals surface area contributed by atoms with Gasteiger partial charge in [-0.2, -0.15) is 0 Å². The van der Waals surface area contributed by atoms with Crippen LogP contribution in [-0.4, -0.2) is 44.3 Å². The van der Waals surface area contributed by atoms with E-state index in [-0.39, 0.29) is 17.8 Å². The molecule has 0 aromatic carbocycles. The van der Waals surface area contributed by atoms with E-state index in [0.717, 1.165) is 25.0 Å². The summed E-state index contributed by atoms with van der Waals surface area (Å²) in [5.41, 5.74) is 6.41. The van der Waals surface area contributed by atoms with Crippen LogP contribution in [-0.2, 0) is 4.74 Å². The van der Waals surface area contributed by atoms with Crippen molar-refractivity contribution in [1.82, 2.24) is 4.90 Å². The Morgan fingerprint density at radius 3 is 2.59 bits per heavy atom. The number of nitrogens with zero attached hydrogens (tertiary/aromatic N) is 1. The van der Waals surface area contributed by atoms with E-state index in [0.29, 0.717) is 6.04 Å². The summed E-state index contributed by atoms with van der Waals surface area (Å²) >= 11 is 0. The molecule has 1 saturated carbocycles. The van der Waals surface area contributed by atoms with Crippen LogP contribution < -0.4 is 5.73 Å². The molecule has 102 valence electrons. The van der Waals surface area contributed by atoms with Crippen LogP contribution in [0.15, 0.2) is 0 Å². The number of nitrogens with two attached hydrogens (primary N) is 1. The molecule has 1 aliphatic carbocycles. The quantitative estimate of drug-likeness (QED) is 0.839. The number of fused-ring (bicyclic) bond motifs is 1. The van der Waals surface area contributed by atoms with Crippen LogP contribution in [0.25, 0.3) is 0 Å². The van der Waals surface area contributed by atoms with E-state index in [1.807, 2.05) is 0 Å². The summed E-state index contributed by atoms with van der Waals surface area (Å²) in [7, 11) is 1.79. The van der Waals surface area contributed by atoms with Crippen molar-refractivity contribution in [3.05, 3.63) is 0 Å². The Morgan fingerprint density at radius 1 is 1.29 bits per heavy atom. The summed E-state index contributed by atoms with van der Waals surface area (Å²) in [5.74, 6) is 1.63. The molecule has 3 nitrogen and oxygen atoms in total. The molecule has 17 heavy (non-hydrogen) atoms. The zero-order valence-corrected chi connectivity index (χ0v) is 12.1. The Bertz CT molecular complexity index is 248. The molecular formula is C13H27ClN2O. The van der Waals surface area contributed by atoms with Gasteiger partial charge in [0.1, 0.15) is 0 Å². The molecule has 2 fully saturated rings. The van der Waals surface area contributed by atoms with Crippen molar-refractivity contribution in [2.24, 2.45) is 23.0 Å². The maximum Gasteiger partial charge on any atom is 0.0525 e. The molecule has 0 amide bonds. The van der Waals surface area contributed by atoms with E-state index in [4.69, 9.17) is 10.5 Å². The molecule has 1 aliphatic heterocycles. The first-order chi connectivity index (χ1) is 7.52. The second kappa shape index (κ2) is 5.87. The highest BCUT2D eigenvalue weighted by atomic mass is 35.5. The van der Waals surface area contributed by atoms with Crippen molar-refractivity contribution in [2.45, 2.75) is 32.7 Å². The maximum atomic E-state index is 6.15. The molecule has 3 atom stereocenters. The van der Waals surface area contributed by atoms with Gasteiger partial charge in [0, 0.05) is 38.2 Å². The summed E-state index contributed by atoms with van der Waals surface area (Å²) in [6.45, 7) is 9.00. The Balaban J connectivity index is 0.00000144. The van der Waals surface area contributed by atoms with Crippen LogP contribution in [0.3, 0.4) is 0 Å². The third-order valence-corrected chi connectivity index (χ3v) is 4.17. The predicted molar refractivity (Wildman–Crippen MR) is 73.5 cm³/mol. The molecule has 1 heterocycles. The molecule has 4 heteroatoms. The molecule has 2 aliphatic rings. The molecule has 3 unspecified atom stereocenters. The van der Waals surface area contributed by atoms with Crippen LogP contribution >= 0.6 is 12.4 Å². The average Bonchev–Trinajstić information content (AvgIpc) is 2.68. The summed E-state index contributed by atoms with van der Waals surface area (Å²) < 4.78 is 5.28. The standard InChI is InChI=1S/C13H26N2O.ClH/c1-13(2,9-16-3)8-15-6-10-4-5-12(14)11(10)7-15;/h10-12H,4-9,14H2,1-3H3;1H. The van der Waals surface area contributed by atoms with Crippen LogP contribution in [0.4, 0.5) is 0 Å². The topological polar surface area (TPSA) is 38.5 Å². The highest BCUT2D eigenvalue weighted by Crippen LogP contribution is 2.38. The number of ether oxygens (including phenoxy) is 1. The second-order valence-corrected chi connectivity index (χ2v) is 6.46. The third kappa shape index (κ3) is 3.57. The normalized spacial score (nSPS) is 33.5. The van der Waals surface area contributed by atoms with Crippen molar-refractivity contribution in [2.75, 3.05) is 33.4 Å². The third-order valence-electron chi connectivity index (χ3n) is 4.17. The molecule has 1 saturated heterocycles. The molecule has 0 bridgehead atoms. The molecule has 0 radical (unpaired) electrons. The minimum absolute atomic E-state index is 0. The largest absolute Gasteiger partial charge is 0.384 e. The summed E-state index contributed by atoms with van der Waals surface area (Å²) in [4.78, 5) is 2.59. The van der Waals surface area contributed by atoms with E-state index in [1.165, 1.54) is 25.9 Å². The Hall–Kier alpha value is 0.170. The summed E-state index contributed by atoms with van der Waals surface area (Å²) in [5, 5.41) is 0. The van der Waals surface area contributed by atoms with Gasteiger partial charge in [-0.05, 0) is 24.7 Å². The lowest BCUT2D eigenvalue weighted by atomic mass is 9.94.